The highest BCUT2D eigenvalue weighted by Crippen LogP contribution is 2.10. The Morgan fingerprint density at radius 1 is 1.40 bits per heavy atom. The molecule has 0 fully saturated rings. The third-order valence-corrected chi connectivity index (χ3v) is 2.60. The van der Waals surface area contributed by atoms with Gasteiger partial charge in [-0.05, 0) is 13.3 Å². The largest absolute Gasteiger partial charge is 0.366 e. The molecule has 1 unspecified atom stereocenters. The molecular weight excluding hydrogens is 186 g/mol. The molecular formula is C12H23N3. The lowest BCUT2D eigenvalue weighted by Gasteiger charge is -2.12. The first kappa shape index (κ1) is 12.1. The molecule has 0 saturated carbocycles. The van der Waals surface area contributed by atoms with Crippen LogP contribution in [0.2, 0.25) is 0 Å². The van der Waals surface area contributed by atoms with Gasteiger partial charge in [0.1, 0.15) is 5.82 Å². The molecule has 1 aromatic rings. The summed E-state index contributed by atoms with van der Waals surface area (Å²) in [6.07, 6.45) is 8.53. The fourth-order valence-electron chi connectivity index (χ4n) is 1.69. The second-order valence-corrected chi connectivity index (χ2v) is 4.27. The van der Waals surface area contributed by atoms with Crippen molar-refractivity contribution in [1.82, 2.24) is 9.78 Å². The van der Waals surface area contributed by atoms with Gasteiger partial charge in [-0.3, -0.25) is 4.68 Å². The van der Waals surface area contributed by atoms with Crippen molar-refractivity contribution in [2.75, 3.05) is 5.32 Å². The normalized spacial score (nSPS) is 12.7. The van der Waals surface area contributed by atoms with Crippen LogP contribution in [0.3, 0.4) is 0 Å². The topological polar surface area (TPSA) is 29.9 Å². The third-order valence-electron chi connectivity index (χ3n) is 2.60. The fourth-order valence-corrected chi connectivity index (χ4v) is 1.69. The number of hydrogen-bond acceptors (Lipinski definition) is 2. The van der Waals surface area contributed by atoms with Crippen LogP contribution >= 0.6 is 0 Å². The molecule has 0 aliphatic heterocycles. The molecule has 0 amide bonds. The number of anilines is 1. The maximum Gasteiger partial charge on any atom is 0.148 e. The van der Waals surface area contributed by atoms with Gasteiger partial charge in [-0.2, -0.15) is 5.10 Å². The molecule has 1 atom stereocenters. The summed E-state index contributed by atoms with van der Waals surface area (Å²) in [5.74, 6) is 0.987. The van der Waals surface area contributed by atoms with Gasteiger partial charge in [0.2, 0.25) is 0 Å². The number of aromatic nitrogens is 2. The van der Waals surface area contributed by atoms with Crippen molar-refractivity contribution < 1.29 is 0 Å². The van der Waals surface area contributed by atoms with E-state index in [4.69, 9.17) is 0 Å². The molecule has 0 saturated heterocycles. The Kier molecular flexibility index (Phi) is 5.22. The van der Waals surface area contributed by atoms with Gasteiger partial charge >= 0.3 is 0 Å². The minimum absolute atomic E-state index is 0.525. The number of nitrogens with one attached hydrogen (secondary N) is 1. The lowest BCUT2D eigenvalue weighted by molar-refractivity contribution is 0.592. The molecule has 0 radical (unpaired) electrons. The number of rotatable bonds is 7. The van der Waals surface area contributed by atoms with Gasteiger partial charge in [0.25, 0.3) is 0 Å². The van der Waals surface area contributed by atoms with Gasteiger partial charge in [-0.25, -0.2) is 0 Å². The maximum atomic E-state index is 4.30. The Balaban J connectivity index is 2.15. The minimum atomic E-state index is 0.525. The minimum Gasteiger partial charge on any atom is -0.366 e. The quantitative estimate of drug-likeness (QED) is 0.699. The summed E-state index contributed by atoms with van der Waals surface area (Å²) in [5.41, 5.74) is 0. The van der Waals surface area contributed by atoms with Crippen molar-refractivity contribution in [2.24, 2.45) is 7.05 Å². The van der Waals surface area contributed by atoms with E-state index in [0.29, 0.717) is 6.04 Å². The van der Waals surface area contributed by atoms with Crippen molar-refractivity contribution in [2.45, 2.75) is 52.0 Å². The SMILES string of the molecule is CCCCCCC(C)Nc1ccn(C)n1. The Hall–Kier alpha value is -0.990. The second-order valence-electron chi connectivity index (χ2n) is 4.27. The highest BCUT2D eigenvalue weighted by molar-refractivity contribution is 5.33. The summed E-state index contributed by atoms with van der Waals surface area (Å²) in [6.45, 7) is 4.47. The van der Waals surface area contributed by atoms with E-state index < -0.39 is 0 Å². The molecule has 3 heteroatoms. The number of unbranched alkanes of at least 4 members (excludes halogenated alkanes) is 3. The average molecular weight is 209 g/mol. The van der Waals surface area contributed by atoms with Crippen LogP contribution in [0.25, 0.3) is 0 Å². The number of aryl methyl sites for hydroxylation is 1. The Labute approximate surface area is 92.9 Å². The highest BCUT2D eigenvalue weighted by atomic mass is 15.3. The molecule has 1 heterocycles. The molecule has 0 bridgehead atoms. The van der Waals surface area contributed by atoms with Gasteiger partial charge < -0.3 is 5.32 Å². The zero-order valence-corrected chi connectivity index (χ0v) is 10.2. The summed E-state index contributed by atoms with van der Waals surface area (Å²) in [7, 11) is 1.94. The Bertz CT molecular complexity index is 268. The van der Waals surface area contributed by atoms with Crippen molar-refractivity contribution in [3.63, 3.8) is 0 Å². The molecule has 0 aromatic carbocycles. The smallest absolute Gasteiger partial charge is 0.148 e. The summed E-state index contributed by atoms with van der Waals surface area (Å²) in [6, 6.07) is 2.54. The molecule has 1 aromatic heterocycles. The highest BCUT2D eigenvalue weighted by Gasteiger charge is 2.03. The van der Waals surface area contributed by atoms with Crippen LogP contribution in [0.5, 0.6) is 0 Å². The Morgan fingerprint density at radius 3 is 2.80 bits per heavy atom. The van der Waals surface area contributed by atoms with E-state index in [1.165, 1.54) is 32.1 Å². The average Bonchev–Trinajstić information content (AvgIpc) is 2.59. The molecule has 86 valence electrons. The first-order valence-corrected chi connectivity index (χ1v) is 5.98. The maximum absolute atomic E-state index is 4.30. The summed E-state index contributed by atoms with van der Waals surface area (Å²) >= 11 is 0. The fraction of sp³-hybridized carbons (Fsp3) is 0.750. The van der Waals surface area contributed by atoms with E-state index in [0.717, 1.165) is 5.82 Å². The lowest BCUT2D eigenvalue weighted by atomic mass is 10.1. The predicted octanol–water partition coefficient (Wildman–Crippen LogP) is 3.19. The summed E-state index contributed by atoms with van der Waals surface area (Å²) in [5, 5.41) is 7.71. The van der Waals surface area contributed by atoms with Gasteiger partial charge in [-0.15, -0.1) is 0 Å². The third kappa shape index (κ3) is 4.86. The van der Waals surface area contributed by atoms with Gasteiger partial charge in [0, 0.05) is 25.4 Å². The number of hydrogen-bond donors (Lipinski definition) is 1. The second kappa shape index (κ2) is 6.49. The van der Waals surface area contributed by atoms with Crippen LogP contribution in [-0.2, 0) is 7.05 Å². The van der Waals surface area contributed by atoms with Crippen molar-refractivity contribution in [1.29, 1.82) is 0 Å². The van der Waals surface area contributed by atoms with E-state index in [1.807, 2.05) is 24.0 Å². The molecule has 15 heavy (non-hydrogen) atoms. The first-order valence-electron chi connectivity index (χ1n) is 5.98. The van der Waals surface area contributed by atoms with E-state index in [9.17, 15) is 0 Å². The molecule has 0 aliphatic carbocycles. The van der Waals surface area contributed by atoms with E-state index in [2.05, 4.69) is 24.3 Å². The van der Waals surface area contributed by atoms with Crippen LogP contribution in [-0.4, -0.2) is 15.8 Å². The van der Waals surface area contributed by atoms with Crippen LogP contribution in [0.4, 0.5) is 5.82 Å². The van der Waals surface area contributed by atoms with E-state index in [1.54, 1.807) is 0 Å². The molecule has 0 aliphatic rings. The van der Waals surface area contributed by atoms with Crippen molar-refractivity contribution in [3.8, 4) is 0 Å². The van der Waals surface area contributed by atoms with Crippen molar-refractivity contribution >= 4 is 5.82 Å². The van der Waals surface area contributed by atoms with Crippen LogP contribution in [0.1, 0.15) is 46.0 Å². The predicted molar refractivity (Wildman–Crippen MR) is 65.1 cm³/mol. The van der Waals surface area contributed by atoms with E-state index in [-0.39, 0.29) is 0 Å². The van der Waals surface area contributed by atoms with Crippen LogP contribution < -0.4 is 5.32 Å². The van der Waals surface area contributed by atoms with Gasteiger partial charge in [-0.1, -0.05) is 32.6 Å². The molecule has 1 N–H and O–H groups in total. The van der Waals surface area contributed by atoms with E-state index >= 15 is 0 Å². The molecule has 3 nitrogen and oxygen atoms in total. The summed E-state index contributed by atoms with van der Waals surface area (Å²) in [4.78, 5) is 0. The first-order chi connectivity index (χ1) is 7.22. The Morgan fingerprint density at radius 2 is 2.20 bits per heavy atom. The summed E-state index contributed by atoms with van der Waals surface area (Å²) < 4.78 is 1.83. The molecule has 1 rings (SSSR count). The van der Waals surface area contributed by atoms with Crippen LogP contribution in [0.15, 0.2) is 12.3 Å². The molecule has 0 spiro atoms. The zero-order valence-electron chi connectivity index (χ0n) is 10.2. The number of nitrogens with zero attached hydrogens (tertiary/aromatic N) is 2. The van der Waals surface area contributed by atoms with Crippen molar-refractivity contribution in [3.05, 3.63) is 12.3 Å². The van der Waals surface area contributed by atoms with Gasteiger partial charge in [0.05, 0.1) is 0 Å². The lowest BCUT2D eigenvalue weighted by Crippen LogP contribution is -2.15. The standard InChI is InChI=1S/C12H23N3/c1-4-5-6-7-8-11(2)13-12-9-10-15(3)14-12/h9-11H,4-8H2,1-3H3,(H,13,14). The zero-order chi connectivity index (χ0) is 11.1. The van der Waals surface area contributed by atoms with Gasteiger partial charge in [0.15, 0.2) is 0 Å². The van der Waals surface area contributed by atoms with Crippen LogP contribution in [0, 0.1) is 0 Å². The monoisotopic (exact) mass is 209 g/mol.